The van der Waals surface area contributed by atoms with E-state index in [4.69, 9.17) is 30.9 Å². The van der Waals surface area contributed by atoms with Gasteiger partial charge in [-0.05, 0) is 38.9 Å². The molecule has 75 heavy (non-hydrogen) atoms. The van der Waals surface area contributed by atoms with E-state index < -0.39 is 64.9 Å². The van der Waals surface area contributed by atoms with E-state index in [0.717, 1.165) is 38.9 Å². The molecule has 2 aliphatic rings. The smallest absolute Gasteiger partial charge is 0.347 e. The second kappa shape index (κ2) is 23.0. The van der Waals surface area contributed by atoms with Gasteiger partial charge >= 0.3 is 11.9 Å². The molecule has 2 amide bonds. The second-order valence-corrected chi connectivity index (χ2v) is 20.3. The van der Waals surface area contributed by atoms with Crippen molar-refractivity contribution in [2.75, 3.05) is 30.1 Å². The highest BCUT2D eigenvalue weighted by molar-refractivity contribution is 8.00. The molecule has 2 aliphatic heterocycles. The number of fused-ring (bicyclic) bond motifs is 1. The topological polar surface area (TPSA) is 149 Å². The van der Waals surface area contributed by atoms with Gasteiger partial charge in [0.05, 0.1) is 0 Å². The van der Waals surface area contributed by atoms with Crippen LogP contribution >= 0.6 is 34.7 Å². The molecule has 0 saturated carbocycles. The van der Waals surface area contributed by atoms with Crippen molar-refractivity contribution in [3.05, 3.63) is 262 Å². The Morgan fingerprint density at radius 3 is 1.56 bits per heavy atom. The fraction of sp³-hybridized carbons (Fsp3) is 0.167. The maximum atomic E-state index is 14.7. The third kappa shape index (κ3) is 10.8. The number of alkyl halides is 1. The highest BCUT2D eigenvalue weighted by atomic mass is 35.5. The maximum Gasteiger partial charge on any atom is 0.347 e. The molecular formula is C60H50ClN5O7S2. The Labute approximate surface area is 447 Å². The number of hydrogen-bond acceptors (Lipinski definition) is 12. The lowest BCUT2D eigenvalue weighted by Crippen LogP contribution is -2.74. The number of carbonyl (C=O) groups is 4. The number of oxime groups is 1. The van der Waals surface area contributed by atoms with E-state index in [9.17, 15) is 19.2 Å². The van der Waals surface area contributed by atoms with Gasteiger partial charge in [0.25, 0.3) is 5.91 Å². The van der Waals surface area contributed by atoms with Gasteiger partial charge < -0.3 is 29.8 Å². The Kier molecular flexibility index (Phi) is 15.5. The SMILES string of the molecule is O=C(CON=C(C(=O)NC1C(=O)N2CC(CCl)(C(=O)OC(c3ccccc3)c3ccccc3)CS[C@H]12)c1csc(NC(c2ccccc2)(c2ccccc2)c2ccccc2)n1)OC(c1ccccc1)c1ccccc1. The molecule has 0 spiro atoms. The normalized spacial score (nSPS) is 17.3. The van der Waals surface area contributed by atoms with Gasteiger partial charge in [-0.25, -0.2) is 9.78 Å². The van der Waals surface area contributed by atoms with E-state index in [2.05, 4.69) is 15.8 Å². The van der Waals surface area contributed by atoms with Crippen LogP contribution in [-0.2, 0) is 39.0 Å². The molecule has 12 nitrogen and oxygen atoms in total. The summed E-state index contributed by atoms with van der Waals surface area (Å²) < 4.78 is 12.3. The third-order valence-corrected chi connectivity index (χ3v) is 16.1. The molecule has 0 aliphatic carbocycles. The summed E-state index contributed by atoms with van der Waals surface area (Å²) in [5.74, 6) is -2.34. The largest absolute Gasteiger partial charge is 0.452 e. The Morgan fingerprint density at radius 2 is 1.11 bits per heavy atom. The van der Waals surface area contributed by atoms with E-state index in [0.29, 0.717) is 5.13 Å². The minimum Gasteiger partial charge on any atom is -0.452 e. The number of thiazole rings is 1. The number of carbonyl (C=O) groups excluding carboxylic acids is 4. The number of esters is 2. The van der Waals surface area contributed by atoms with Crippen molar-refractivity contribution < 1.29 is 33.5 Å². The molecule has 7 aromatic carbocycles. The Morgan fingerprint density at radius 1 is 0.667 bits per heavy atom. The molecule has 3 heterocycles. The first-order chi connectivity index (χ1) is 36.8. The minimum atomic E-state index is -1.23. The first kappa shape index (κ1) is 50.5. The highest BCUT2D eigenvalue weighted by Gasteiger charge is 2.58. The zero-order valence-electron chi connectivity index (χ0n) is 40.3. The lowest BCUT2D eigenvalue weighted by Gasteiger charge is -2.53. The van der Waals surface area contributed by atoms with Crippen LogP contribution < -0.4 is 10.6 Å². The third-order valence-electron chi connectivity index (χ3n) is 13.2. The molecule has 2 saturated heterocycles. The number of halogens is 1. The van der Waals surface area contributed by atoms with Crippen LogP contribution in [-0.4, -0.2) is 75.5 Å². The summed E-state index contributed by atoms with van der Waals surface area (Å²) in [6.45, 7) is -0.664. The molecule has 2 unspecified atom stereocenters. The first-order valence-corrected chi connectivity index (χ1v) is 26.7. The number of nitrogens with one attached hydrogen (secondary N) is 2. The number of hydrogen-bond donors (Lipinski definition) is 2. The van der Waals surface area contributed by atoms with E-state index in [1.54, 1.807) is 10.3 Å². The van der Waals surface area contributed by atoms with Gasteiger partial charge in [0.15, 0.2) is 23.1 Å². The van der Waals surface area contributed by atoms with Crippen molar-refractivity contribution in [1.29, 1.82) is 0 Å². The van der Waals surface area contributed by atoms with Crippen molar-refractivity contribution in [3.8, 4) is 0 Å². The summed E-state index contributed by atoms with van der Waals surface area (Å²) in [5.41, 5.74) is 3.57. The zero-order valence-corrected chi connectivity index (χ0v) is 42.7. The van der Waals surface area contributed by atoms with Crippen LogP contribution in [0.25, 0.3) is 0 Å². The van der Waals surface area contributed by atoms with E-state index in [1.807, 2.05) is 212 Å². The van der Waals surface area contributed by atoms with Crippen molar-refractivity contribution >= 4 is 69.3 Å². The number of rotatable bonds is 19. The summed E-state index contributed by atoms with van der Waals surface area (Å²) in [4.78, 5) is 68.8. The van der Waals surface area contributed by atoms with Gasteiger partial charge in [0.1, 0.15) is 28.1 Å². The predicted octanol–water partition coefficient (Wildman–Crippen LogP) is 10.6. The minimum absolute atomic E-state index is 0.0132. The van der Waals surface area contributed by atoms with Gasteiger partial charge in [0.2, 0.25) is 12.5 Å². The van der Waals surface area contributed by atoms with Gasteiger partial charge in [0, 0.05) is 23.6 Å². The van der Waals surface area contributed by atoms with Crippen LogP contribution in [0, 0.1) is 5.41 Å². The van der Waals surface area contributed by atoms with Crippen LogP contribution in [0.3, 0.4) is 0 Å². The lowest BCUT2D eigenvalue weighted by molar-refractivity contribution is -0.164. The number of thioether (sulfide) groups is 1. The molecule has 376 valence electrons. The van der Waals surface area contributed by atoms with Crippen molar-refractivity contribution in [2.24, 2.45) is 10.6 Å². The number of aromatic nitrogens is 1. The molecule has 1 aromatic heterocycles. The lowest BCUT2D eigenvalue weighted by atomic mass is 9.77. The summed E-state index contributed by atoms with van der Waals surface area (Å²) in [6, 6.07) is 66.6. The van der Waals surface area contributed by atoms with E-state index in [-0.39, 0.29) is 29.6 Å². The van der Waals surface area contributed by atoms with Crippen LogP contribution in [0.5, 0.6) is 0 Å². The molecule has 8 aromatic rings. The molecule has 10 rings (SSSR count). The average molecular weight is 1050 g/mol. The fourth-order valence-electron chi connectivity index (χ4n) is 9.40. The number of β-lactam (4-membered cyclic amide) rings is 1. The second-order valence-electron chi connectivity index (χ2n) is 18.1. The van der Waals surface area contributed by atoms with Crippen LogP contribution in [0.2, 0.25) is 0 Å². The maximum absolute atomic E-state index is 14.7. The standard InChI is InChI=1S/C60H50ClN5O7S2/c61-38-59(57(70)73-53(43-26-12-3-13-27-43)44-28-14-4-15-29-44)39-66-55(69)51(56(66)75-40-59)63-54(68)50(65-71-36-49(67)72-52(41-22-8-1-9-23-41)42-24-10-2-11-25-42)48-37-74-58(62-48)64-60(45-30-16-5-17-31-45,46-32-18-6-19-33-46)47-34-20-7-21-35-47/h1-35,37,51-53,56H,36,38-40H2,(H,62,64)(H,63,68)/t51?,56-,59?/m1/s1. The highest BCUT2D eigenvalue weighted by Crippen LogP contribution is 2.45. The molecule has 2 N–H and O–H groups in total. The number of amides is 2. The Bertz CT molecular complexity index is 3080. The van der Waals surface area contributed by atoms with E-state index >= 15 is 0 Å². The summed E-state index contributed by atoms with van der Waals surface area (Å²) >= 11 is 9.21. The van der Waals surface area contributed by atoms with Gasteiger partial charge in [-0.1, -0.05) is 217 Å². The predicted molar refractivity (Wildman–Crippen MR) is 292 cm³/mol. The van der Waals surface area contributed by atoms with Gasteiger partial charge in [-0.15, -0.1) is 34.7 Å². The number of nitrogens with zero attached hydrogens (tertiary/aromatic N) is 3. The number of anilines is 1. The first-order valence-electron chi connectivity index (χ1n) is 24.3. The summed E-state index contributed by atoms with van der Waals surface area (Å²) in [6.07, 6.45) is -1.44. The van der Waals surface area contributed by atoms with Gasteiger partial charge in [-0.2, -0.15) is 0 Å². The van der Waals surface area contributed by atoms with Crippen molar-refractivity contribution in [1.82, 2.24) is 15.2 Å². The molecule has 0 radical (unpaired) electrons. The number of ether oxygens (including phenoxy) is 2. The van der Waals surface area contributed by atoms with Crippen LogP contribution in [0.15, 0.2) is 223 Å². The zero-order chi connectivity index (χ0) is 51.6. The van der Waals surface area contributed by atoms with Crippen molar-refractivity contribution in [2.45, 2.75) is 29.2 Å². The van der Waals surface area contributed by atoms with Gasteiger partial charge in [-0.3, -0.25) is 14.4 Å². The van der Waals surface area contributed by atoms with E-state index in [1.165, 1.54) is 23.1 Å². The molecule has 0 bridgehead atoms. The molecule has 2 fully saturated rings. The molecule has 3 atom stereocenters. The number of benzene rings is 7. The van der Waals surface area contributed by atoms with Crippen molar-refractivity contribution in [3.63, 3.8) is 0 Å². The Balaban J connectivity index is 0.912. The monoisotopic (exact) mass is 1050 g/mol. The molecular weight excluding hydrogens is 1000 g/mol. The Hall–Kier alpha value is -8.04. The summed E-state index contributed by atoms with van der Waals surface area (Å²) in [5, 5.41) is 12.4. The van der Waals surface area contributed by atoms with Crippen LogP contribution in [0.4, 0.5) is 5.13 Å². The molecule has 15 heteroatoms. The quantitative estimate of drug-likeness (QED) is 0.0200. The summed E-state index contributed by atoms with van der Waals surface area (Å²) in [7, 11) is 0. The fourth-order valence-corrected chi connectivity index (χ4v) is 12.1. The average Bonchev–Trinajstić information content (AvgIpc) is 3.95. The van der Waals surface area contributed by atoms with Crippen LogP contribution in [0.1, 0.15) is 56.8 Å².